The van der Waals surface area contributed by atoms with Gasteiger partial charge in [0.25, 0.3) is 5.69 Å². The molecule has 10 heteroatoms. The summed E-state index contributed by atoms with van der Waals surface area (Å²) in [6.45, 7) is 1.65. The van der Waals surface area contributed by atoms with Crippen LogP contribution in [-0.2, 0) is 14.3 Å². The standard InChI is InChI=1S/C21H19NO9/c1-4-30-20(24)14-10-15(12-16(11-14)22(26)27)21(25)31-17-7-5-13(9-18(17)28-2)6-8-19(23)29-3/h5-12H,4H2,1-3H3/b8-6+. The molecule has 0 spiro atoms. The lowest BCUT2D eigenvalue weighted by atomic mass is 10.1. The molecule has 2 rings (SSSR count). The maximum atomic E-state index is 12.6. The Bertz CT molecular complexity index is 1040. The van der Waals surface area contributed by atoms with Crippen molar-refractivity contribution >= 4 is 29.7 Å². The summed E-state index contributed by atoms with van der Waals surface area (Å²) < 4.78 is 19.9. The summed E-state index contributed by atoms with van der Waals surface area (Å²) >= 11 is 0. The number of carbonyl (C=O) groups excluding carboxylic acids is 3. The van der Waals surface area contributed by atoms with Crippen molar-refractivity contribution in [1.82, 2.24) is 0 Å². The number of ether oxygens (including phenoxy) is 4. The fraction of sp³-hybridized carbons (Fsp3) is 0.190. The van der Waals surface area contributed by atoms with Gasteiger partial charge in [-0.3, -0.25) is 10.1 Å². The van der Waals surface area contributed by atoms with E-state index < -0.39 is 28.5 Å². The first-order valence-corrected chi connectivity index (χ1v) is 8.91. The number of nitrogens with zero attached hydrogens (tertiary/aromatic N) is 1. The van der Waals surface area contributed by atoms with E-state index in [9.17, 15) is 24.5 Å². The lowest BCUT2D eigenvalue weighted by molar-refractivity contribution is -0.384. The monoisotopic (exact) mass is 429 g/mol. The van der Waals surface area contributed by atoms with Crippen LogP contribution in [0.15, 0.2) is 42.5 Å². The zero-order chi connectivity index (χ0) is 23.0. The van der Waals surface area contributed by atoms with E-state index in [0.717, 1.165) is 18.2 Å². The van der Waals surface area contributed by atoms with Crippen molar-refractivity contribution in [3.8, 4) is 11.5 Å². The SMILES string of the molecule is CCOC(=O)c1cc(C(=O)Oc2ccc(/C=C/C(=O)OC)cc2OC)cc([N+](=O)[O-])c1. The van der Waals surface area contributed by atoms with E-state index >= 15 is 0 Å². The zero-order valence-corrected chi connectivity index (χ0v) is 16.9. The van der Waals surface area contributed by atoms with Gasteiger partial charge in [0.1, 0.15) is 0 Å². The summed E-state index contributed by atoms with van der Waals surface area (Å²) in [6, 6.07) is 7.65. The van der Waals surface area contributed by atoms with Gasteiger partial charge in [-0.2, -0.15) is 0 Å². The number of hydrogen-bond acceptors (Lipinski definition) is 9. The Kier molecular flexibility index (Phi) is 7.84. The van der Waals surface area contributed by atoms with Crippen LogP contribution in [0.5, 0.6) is 11.5 Å². The molecule has 0 aliphatic carbocycles. The number of carbonyl (C=O) groups is 3. The van der Waals surface area contributed by atoms with Crippen molar-refractivity contribution in [1.29, 1.82) is 0 Å². The first kappa shape index (κ1) is 23.1. The Morgan fingerprint density at radius 3 is 2.26 bits per heavy atom. The molecule has 162 valence electrons. The van der Waals surface area contributed by atoms with E-state index in [1.807, 2.05) is 0 Å². The minimum Gasteiger partial charge on any atom is -0.493 e. The maximum Gasteiger partial charge on any atom is 0.343 e. The normalized spacial score (nSPS) is 10.4. The lowest BCUT2D eigenvalue weighted by Crippen LogP contribution is -2.12. The molecule has 0 heterocycles. The Balaban J connectivity index is 2.33. The predicted molar refractivity (Wildman–Crippen MR) is 108 cm³/mol. The Hall–Kier alpha value is -4.21. The lowest BCUT2D eigenvalue weighted by Gasteiger charge is -2.11. The summed E-state index contributed by atoms with van der Waals surface area (Å²) in [5.74, 6) is -2.08. The summed E-state index contributed by atoms with van der Waals surface area (Å²) in [5.41, 5.74) is -0.262. The molecule has 0 saturated heterocycles. The quantitative estimate of drug-likeness (QED) is 0.204. The van der Waals surface area contributed by atoms with Crippen LogP contribution in [0, 0.1) is 10.1 Å². The summed E-state index contributed by atoms with van der Waals surface area (Å²) in [4.78, 5) is 46.2. The van der Waals surface area contributed by atoms with Gasteiger partial charge < -0.3 is 18.9 Å². The summed E-state index contributed by atoms with van der Waals surface area (Å²) in [5, 5.41) is 11.2. The van der Waals surface area contributed by atoms with E-state index in [2.05, 4.69) is 4.74 Å². The third-order valence-electron chi connectivity index (χ3n) is 3.88. The van der Waals surface area contributed by atoms with Crippen LogP contribution < -0.4 is 9.47 Å². The Labute approximate surface area is 177 Å². The fourth-order valence-electron chi connectivity index (χ4n) is 2.43. The van der Waals surface area contributed by atoms with E-state index in [1.165, 1.54) is 38.5 Å². The number of non-ortho nitro benzene ring substituents is 1. The van der Waals surface area contributed by atoms with Crippen LogP contribution in [0.4, 0.5) is 5.69 Å². The number of rotatable bonds is 8. The highest BCUT2D eigenvalue weighted by molar-refractivity contribution is 5.97. The topological polar surface area (TPSA) is 131 Å². The number of methoxy groups -OCH3 is 2. The molecule has 0 aliphatic heterocycles. The predicted octanol–water partition coefficient (Wildman–Crippen LogP) is 3.19. The largest absolute Gasteiger partial charge is 0.493 e. The highest BCUT2D eigenvalue weighted by Crippen LogP contribution is 2.30. The summed E-state index contributed by atoms with van der Waals surface area (Å²) in [7, 11) is 2.60. The molecule has 31 heavy (non-hydrogen) atoms. The third kappa shape index (κ3) is 6.13. The van der Waals surface area contributed by atoms with Gasteiger partial charge in [-0.15, -0.1) is 0 Å². The van der Waals surface area contributed by atoms with Gasteiger partial charge in [0.15, 0.2) is 11.5 Å². The molecule has 0 aromatic heterocycles. The molecule has 0 amide bonds. The van der Waals surface area contributed by atoms with Crippen LogP contribution in [0.1, 0.15) is 33.2 Å². The van der Waals surface area contributed by atoms with Crippen LogP contribution >= 0.6 is 0 Å². The molecule has 0 N–H and O–H groups in total. The molecular weight excluding hydrogens is 410 g/mol. The van der Waals surface area contributed by atoms with Gasteiger partial charge in [0.05, 0.1) is 36.9 Å². The van der Waals surface area contributed by atoms with Gasteiger partial charge in [-0.05, 0) is 36.8 Å². The van der Waals surface area contributed by atoms with Gasteiger partial charge in [-0.25, -0.2) is 14.4 Å². The molecule has 2 aromatic rings. The van der Waals surface area contributed by atoms with Gasteiger partial charge >= 0.3 is 17.9 Å². The van der Waals surface area contributed by atoms with Crippen molar-refractivity contribution in [3.05, 3.63) is 69.3 Å². The minimum absolute atomic E-state index is 0.0342. The van der Waals surface area contributed by atoms with Gasteiger partial charge in [0.2, 0.25) is 0 Å². The Morgan fingerprint density at radius 2 is 1.68 bits per heavy atom. The van der Waals surface area contributed by atoms with Crippen LogP contribution in [0.3, 0.4) is 0 Å². The smallest absolute Gasteiger partial charge is 0.343 e. The molecule has 0 bridgehead atoms. The van der Waals surface area contributed by atoms with Crippen LogP contribution in [0.25, 0.3) is 6.08 Å². The van der Waals surface area contributed by atoms with Crippen molar-refractivity contribution in [2.24, 2.45) is 0 Å². The first-order chi connectivity index (χ1) is 14.8. The van der Waals surface area contributed by atoms with Crippen LogP contribution in [-0.4, -0.2) is 43.7 Å². The second kappa shape index (κ2) is 10.5. The first-order valence-electron chi connectivity index (χ1n) is 8.91. The van der Waals surface area contributed by atoms with Gasteiger partial charge in [-0.1, -0.05) is 6.07 Å². The second-order valence-corrected chi connectivity index (χ2v) is 5.90. The molecular formula is C21H19NO9. The van der Waals surface area contributed by atoms with E-state index in [-0.39, 0.29) is 29.2 Å². The molecule has 0 radical (unpaired) electrons. The van der Waals surface area contributed by atoms with Crippen molar-refractivity contribution in [3.63, 3.8) is 0 Å². The highest BCUT2D eigenvalue weighted by atomic mass is 16.6. The van der Waals surface area contributed by atoms with E-state index in [4.69, 9.17) is 14.2 Å². The van der Waals surface area contributed by atoms with E-state index in [1.54, 1.807) is 13.0 Å². The molecule has 0 fully saturated rings. The third-order valence-corrected chi connectivity index (χ3v) is 3.88. The minimum atomic E-state index is -0.939. The number of esters is 3. The van der Waals surface area contributed by atoms with Crippen molar-refractivity contribution in [2.45, 2.75) is 6.92 Å². The number of hydrogen-bond donors (Lipinski definition) is 0. The van der Waals surface area contributed by atoms with Crippen LogP contribution in [0.2, 0.25) is 0 Å². The average molecular weight is 429 g/mol. The molecule has 0 saturated carbocycles. The summed E-state index contributed by atoms with van der Waals surface area (Å²) in [6.07, 6.45) is 2.69. The average Bonchev–Trinajstić information content (AvgIpc) is 2.77. The number of benzene rings is 2. The highest BCUT2D eigenvalue weighted by Gasteiger charge is 2.21. The van der Waals surface area contributed by atoms with Gasteiger partial charge in [0, 0.05) is 18.2 Å². The maximum absolute atomic E-state index is 12.6. The molecule has 2 aromatic carbocycles. The number of nitro benzene ring substituents is 1. The van der Waals surface area contributed by atoms with Crippen molar-refractivity contribution in [2.75, 3.05) is 20.8 Å². The second-order valence-electron chi connectivity index (χ2n) is 5.90. The fourth-order valence-corrected chi connectivity index (χ4v) is 2.43. The molecule has 0 unspecified atom stereocenters. The zero-order valence-electron chi connectivity index (χ0n) is 16.9. The molecule has 0 aliphatic rings. The molecule has 0 atom stereocenters. The molecule has 10 nitrogen and oxygen atoms in total. The van der Waals surface area contributed by atoms with Crippen molar-refractivity contribution < 1.29 is 38.3 Å². The Morgan fingerprint density at radius 1 is 1.00 bits per heavy atom. The number of nitro groups is 1. The van der Waals surface area contributed by atoms with E-state index in [0.29, 0.717) is 5.56 Å².